The first-order valence-corrected chi connectivity index (χ1v) is 5.43. The van der Waals surface area contributed by atoms with Crippen LogP contribution in [0, 0.1) is 10.1 Å². The zero-order chi connectivity index (χ0) is 14.5. The van der Waals surface area contributed by atoms with Crippen LogP contribution in [0.25, 0.3) is 0 Å². The van der Waals surface area contributed by atoms with Gasteiger partial charge in [0.25, 0.3) is 0 Å². The summed E-state index contributed by atoms with van der Waals surface area (Å²) < 4.78 is 4.70. The van der Waals surface area contributed by atoms with E-state index in [1.165, 1.54) is 18.3 Å². The Morgan fingerprint density at radius 1 is 1.35 bits per heavy atom. The van der Waals surface area contributed by atoms with Gasteiger partial charge in [-0.3, -0.25) is 14.9 Å². The van der Waals surface area contributed by atoms with Crippen LogP contribution in [0.15, 0.2) is 45.9 Å². The fraction of sp³-hybridized carbons (Fsp3) is 0. The van der Waals surface area contributed by atoms with Crippen molar-refractivity contribution >= 4 is 18.0 Å². The quantitative estimate of drug-likeness (QED) is 0.499. The molecule has 0 radical (unpaired) electrons. The maximum absolute atomic E-state index is 11.6. The fourth-order valence-corrected chi connectivity index (χ4v) is 1.36. The van der Waals surface area contributed by atoms with Gasteiger partial charge in [0.05, 0.1) is 12.3 Å². The van der Waals surface area contributed by atoms with Crippen LogP contribution in [-0.2, 0) is 0 Å². The van der Waals surface area contributed by atoms with E-state index in [1.807, 2.05) is 0 Å². The molecule has 2 aromatic rings. The van der Waals surface area contributed by atoms with Crippen molar-refractivity contribution in [1.82, 2.24) is 5.43 Å². The van der Waals surface area contributed by atoms with Crippen molar-refractivity contribution in [2.45, 2.75) is 0 Å². The average molecular weight is 275 g/mol. The number of nitrogens with one attached hydrogen (secondary N) is 1. The molecule has 0 saturated carbocycles. The molecule has 0 saturated heterocycles. The van der Waals surface area contributed by atoms with Crippen LogP contribution in [0.5, 0.6) is 5.75 Å². The van der Waals surface area contributed by atoms with Crippen molar-refractivity contribution < 1.29 is 19.2 Å². The number of carbonyl (C=O) groups excluding carboxylic acids is 1. The van der Waals surface area contributed by atoms with E-state index in [2.05, 4.69) is 10.5 Å². The Bertz CT molecular complexity index is 677. The highest BCUT2D eigenvalue weighted by Gasteiger charge is 2.16. The lowest BCUT2D eigenvalue weighted by Crippen LogP contribution is -2.16. The van der Waals surface area contributed by atoms with Crippen LogP contribution in [0.4, 0.5) is 5.88 Å². The second-order valence-electron chi connectivity index (χ2n) is 3.65. The molecule has 0 unspecified atom stereocenters. The van der Waals surface area contributed by atoms with Crippen molar-refractivity contribution in [3.63, 3.8) is 0 Å². The summed E-state index contributed by atoms with van der Waals surface area (Å²) in [5, 5.41) is 23.5. The summed E-state index contributed by atoms with van der Waals surface area (Å²) in [7, 11) is 0. The molecule has 0 aliphatic carbocycles. The van der Waals surface area contributed by atoms with E-state index in [4.69, 9.17) is 4.42 Å². The SMILES string of the molecule is O=C(N/N=C/c1ccccc1O)c1ccc([N+](=O)[O-])o1. The molecule has 0 fully saturated rings. The lowest BCUT2D eigenvalue weighted by atomic mass is 10.2. The lowest BCUT2D eigenvalue weighted by molar-refractivity contribution is -0.402. The van der Waals surface area contributed by atoms with Crippen molar-refractivity contribution in [2.75, 3.05) is 0 Å². The van der Waals surface area contributed by atoms with E-state index in [9.17, 15) is 20.0 Å². The molecule has 20 heavy (non-hydrogen) atoms. The Balaban J connectivity index is 2.01. The smallest absolute Gasteiger partial charge is 0.433 e. The second kappa shape index (κ2) is 5.65. The zero-order valence-electron chi connectivity index (χ0n) is 10.0. The predicted molar refractivity (Wildman–Crippen MR) is 68.5 cm³/mol. The maximum atomic E-state index is 11.6. The number of nitrogens with zero attached hydrogens (tertiary/aromatic N) is 2. The van der Waals surface area contributed by atoms with Gasteiger partial charge in [-0.05, 0) is 18.2 Å². The summed E-state index contributed by atoms with van der Waals surface area (Å²) in [6.07, 6.45) is 1.24. The molecule has 8 nitrogen and oxygen atoms in total. The minimum Gasteiger partial charge on any atom is -0.507 e. The number of aromatic hydroxyl groups is 1. The topological polar surface area (TPSA) is 118 Å². The van der Waals surface area contributed by atoms with Crippen LogP contribution in [0.3, 0.4) is 0 Å². The van der Waals surface area contributed by atoms with E-state index in [0.29, 0.717) is 5.56 Å². The molecule has 1 aromatic heterocycles. The zero-order valence-corrected chi connectivity index (χ0v) is 10.0. The van der Waals surface area contributed by atoms with E-state index in [0.717, 1.165) is 6.07 Å². The molecule has 1 heterocycles. The highest BCUT2D eigenvalue weighted by Crippen LogP contribution is 2.15. The van der Waals surface area contributed by atoms with Gasteiger partial charge in [0.15, 0.2) is 0 Å². The Kier molecular flexibility index (Phi) is 3.75. The molecule has 2 rings (SSSR count). The number of carbonyl (C=O) groups is 1. The van der Waals surface area contributed by atoms with E-state index in [1.54, 1.807) is 18.2 Å². The Labute approximate surface area is 112 Å². The van der Waals surface area contributed by atoms with Gasteiger partial charge in [-0.2, -0.15) is 5.10 Å². The number of furan rings is 1. The van der Waals surface area contributed by atoms with Crippen LogP contribution >= 0.6 is 0 Å². The molecular weight excluding hydrogens is 266 g/mol. The van der Waals surface area contributed by atoms with Gasteiger partial charge in [0.2, 0.25) is 5.76 Å². The maximum Gasteiger partial charge on any atom is 0.433 e. The standard InChI is InChI=1S/C12H9N3O5/c16-9-4-2-1-3-8(9)7-13-14-12(17)10-5-6-11(20-10)15(18)19/h1-7,16H,(H,14,17)/b13-7+. The molecular formula is C12H9N3O5. The number of para-hydroxylation sites is 1. The summed E-state index contributed by atoms with van der Waals surface area (Å²) in [5.41, 5.74) is 2.54. The van der Waals surface area contributed by atoms with Gasteiger partial charge in [-0.1, -0.05) is 12.1 Å². The van der Waals surface area contributed by atoms with Gasteiger partial charge in [0, 0.05) is 5.56 Å². The van der Waals surface area contributed by atoms with E-state index >= 15 is 0 Å². The van der Waals surface area contributed by atoms with Gasteiger partial charge >= 0.3 is 11.8 Å². The Morgan fingerprint density at radius 2 is 2.10 bits per heavy atom. The van der Waals surface area contributed by atoms with Crippen molar-refractivity contribution in [3.8, 4) is 5.75 Å². The average Bonchev–Trinajstić information content (AvgIpc) is 2.91. The lowest BCUT2D eigenvalue weighted by Gasteiger charge is -1.97. The van der Waals surface area contributed by atoms with Gasteiger partial charge in [-0.25, -0.2) is 5.43 Å². The predicted octanol–water partition coefficient (Wildman–Crippen LogP) is 1.66. The normalized spacial score (nSPS) is 10.6. The summed E-state index contributed by atoms with van der Waals surface area (Å²) in [4.78, 5) is 21.2. The Hall–Kier alpha value is -3.16. The number of benzene rings is 1. The highest BCUT2D eigenvalue weighted by molar-refractivity contribution is 5.92. The van der Waals surface area contributed by atoms with Gasteiger partial charge < -0.3 is 9.52 Å². The number of hydrogen-bond donors (Lipinski definition) is 2. The minimum absolute atomic E-state index is 0.0131. The molecule has 8 heteroatoms. The van der Waals surface area contributed by atoms with Crippen LogP contribution in [0.1, 0.15) is 16.1 Å². The summed E-state index contributed by atoms with van der Waals surface area (Å²) in [6, 6.07) is 8.65. The van der Waals surface area contributed by atoms with Crippen molar-refractivity contribution in [3.05, 3.63) is 57.8 Å². The van der Waals surface area contributed by atoms with Crippen LogP contribution in [0.2, 0.25) is 0 Å². The van der Waals surface area contributed by atoms with Gasteiger partial charge in [-0.15, -0.1) is 0 Å². The van der Waals surface area contributed by atoms with Crippen LogP contribution in [-0.4, -0.2) is 22.2 Å². The number of nitro groups is 1. The fourth-order valence-electron chi connectivity index (χ4n) is 1.36. The molecule has 102 valence electrons. The summed E-state index contributed by atoms with van der Waals surface area (Å²) in [6.45, 7) is 0. The minimum atomic E-state index is -0.748. The van der Waals surface area contributed by atoms with Gasteiger partial charge in [0.1, 0.15) is 10.7 Å². The third-order valence-electron chi connectivity index (χ3n) is 2.30. The number of rotatable bonds is 4. The highest BCUT2D eigenvalue weighted by atomic mass is 16.6. The first-order valence-electron chi connectivity index (χ1n) is 5.43. The van der Waals surface area contributed by atoms with Crippen LogP contribution < -0.4 is 5.43 Å². The number of phenols is 1. The van der Waals surface area contributed by atoms with Crippen molar-refractivity contribution in [1.29, 1.82) is 0 Å². The Morgan fingerprint density at radius 3 is 2.75 bits per heavy atom. The van der Waals surface area contributed by atoms with E-state index < -0.39 is 16.7 Å². The largest absolute Gasteiger partial charge is 0.507 e. The number of phenolic OH excluding ortho intramolecular Hbond substituents is 1. The first-order chi connectivity index (χ1) is 9.58. The number of hydrazone groups is 1. The number of hydrogen-bond acceptors (Lipinski definition) is 6. The second-order valence-corrected chi connectivity index (χ2v) is 3.65. The monoisotopic (exact) mass is 275 g/mol. The third kappa shape index (κ3) is 2.99. The summed E-state index contributed by atoms with van der Waals surface area (Å²) in [5.74, 6) is -1.48. The molecule has 0 bridgehead atoms. The molecule has 0 aliphatic rings. The first kappa shape index (κ1) is 13.3. The molecule has 1 aromatic carbocycles. The molecule has 0 atom stereocenters. The molecule has 0 aliphatic heterocycles. The number of amides is 1. The summed E-state index contributed by atoms with van der Waals surface area (Å²) >= 11 is 0. The molecule has 1 amide bonds. The van der Waals surface area contributed by atoms with E-state index in [-0.39, 0.29) is 11.5 Å². The third-order valence-corrected chi connectivity index (χ3v) is 2.30. The molecule has 2 N–H and O–H groups in total. The molecule has 0 spiro atoms. The van der Waals surface area contributed by atoms with Crippen molar-refractivity contribution in [2.24, 2.45) is 5.10 Å².